The number of benzene rings is 2. The Hall–Kier alpha value is -3.13. The van der Waals surface area contributed by atoms with Crippen LogP contribution in [0, 0.1) is 0 Å². The highest BCUT2D eigenvalue weighted by Crippen LogP contribution is 2.52. The van der Waals surface area contributed by atoms with Crippen LogP contribution in [-0.2, 0) is 15.6 Å². The number of rotatable bonds is 4. The van der Waals surface area contributed by atoms with Gasteiger partial charge < -0.3 is 24.7 Å². The highest BCUT2D eigenvalue weighted by molar-refractivity contribution is 6.02. The number of alkyl halides is 2. The lowest BCUT2D eigenvalue weighted by atomic mass is 9.91. The second-order valence-electron chi connectivity index (χ2n) is 11.3. The smallest absolute Gasteiger partial charge is 0.395 e. The van der Waals surface area contributed by atoms with Gasteiger partial charge in [0.25, 0.3) is 0 Å². The number of fused-ring (bicyclic) bond motifs is 2. The van der Waals surface area contributed by atoms with Crippen LogP contribution in [0.15, 0.2) is 42.5 Å². The first kappa shape index (κ1) is 23.3. The van der Waals surface area contributed by atoms with Crippen LogP contribution in [0.2, 0.25) is 0 Å². The van der Waals surface area contributed by atoms with E-state index in [0.29, 0.717) is 24.4 Å². The molecule has 0 unspecified atom stereocenters. The van der Waals surface area contributed by atoms with Crippen LogP contribution in [-0.4, -0.2) is 29.9 Å². The highest BCUT2D eigenvalue weighted by Gasteiger charge is 2.52. The van der Waals surface area contributed by atoms with Gasteiger partial charge >= 0.3 is 6.29 Å². The van der Waals surface area contributed by atoms with Crippen molar-refractivity contribution in [2.45, 2.75) is 69.6 Å². The number of halogens is 2. The molecular weight excluding hydrogens is 464 g/mol. The van der Waals surface area contributed by atoms with E-state index in [1.807, 2.05) is 12.1 Å². The number of hydrogen-bond acceptors (Lipinski definition) is 4. The summed E-state index contributed by atoms with van der Waals surface area (Å²) in [7, 11) is 0. The van der Waals surface area contributed by atoms with Crippen LogP contribution in [0.5, 0.6) is 11.5 Å². The maximum absolute atomic E-state index is 13.4. The summed E-state index contributed by atoms with van der Waals surface area (Å²) in [6.45, 7) is 8.74. The maximum atomic E-state index is 13.4. The molecule has 2 aromatic carbocycles. The van der Waals surface area contributed by atoms with Gasteiger partial charge in [0.05, 0.1) is 5.41 Å². The number of nitrogens with zero attached hydrogens (tertiary/aromatic N) is 1. The summed E-state index contributed by atoms with van der Waals surface area (Å²) in [6, 6.07) is 13.4. The standard InChI is InChI=1S/C28H31F2N3O3.H2/c1-26(2,3)24-15-17-14-19(5-6-21(17)33(24)20-8-12-31-13-9-20)32-25(34)27(10-11-27)18-4-7-22-23(16-18)36-28(29,30)35-22;/h4-7,14-16,20,31H,8-13H2,1-3H3,(H,32,34);1H. The van der Waals surface area contributed by atoms with Gasteiger partial charge in [-0.1, -0.05) is 26.8 Å². The third-order valence-corrected chi connectivity index (χ3v) is 7.68. The largest absolute Gasteiger partial charge is 0.586 e. The van der Waals surface area contributed by atoms with E-state index in [9.17, 15) is 13.6 Å². The Kier molecular flexibility index (Phi) is 5.13. The normalized spacial score (nSPS) is 20.5. The highest BCUT2D eigenvalue weighted by atomic mass is 19.3. The number of carbonyl (C=O) groups excluding carboxylic acids is 1. The fourth-order valence-electron chi connectivity index (χ4n) is 5.62. The van der Waals surface area contributed by atoms with Gasteiger partial charge in [-0.25, -0.2) is 0 Å². The van der Waals surface area contributed by atoms with E-state index >= 15 is 0 Å². The molecule has 1 aromatic heterocycles. The molecule has 0 spiro atoms. The molecule has 8 heteroatoms. The van der Waals surface area contributed by atoms with Gasteiger partial charge in [0.1, 0.15) is 0 Å². The van der Waals surface area contributed by atoms with Gasteiger partial charge in [0.15, 0.2) is 11.5 Å². The summed E-state index contributed by atoms with van der Waals surface area (Å²) < 4.78 is 38.5. The van der Waals surface area contributed by atoms with Crippen molar-refractivity contribution in [3.05, 3.63) is 53.7 Å². The number of ether oxygens (including phenoxy) is 2. The number of nitrogens with one attached hydrogen (secondary N) is 2. The van der Waals surface area contributed by atoms with E-state index in [0.717, 1.165) is 37.0 Å². The van der Waals surface area contributed by atoms with Crippen molar-refractivity contribution in [1.29, 1.82) is 0 Å². The minimum absolute atomic E-state index is 0. The fraction of sp³-hybridized carbons (Fsp3) is 0.464. The molecule has 1 saturated heterocycles. The molecule has 1 aliphatic carbocycles. The molecule has 0 atom stereocenters. The van der Waals surface area contributed by atoms with E-state index in [1.54, 1.807) is 6.07 Å². The lowest BCUT2D eigenvalue weighted by Crippen LogP contribution is -2.31. The van der Waals surface area contributed by atoms with E-state index in [-0.39, 0.29) is 24.2 Å². The third-order valence-electron chi connectivity index (χ3n) is 7.68. The first-order valence-corrected chi connectivity index (χ1v) is 12.6. The first-order chi connectivity index (χ1) is 17.1. The van der Waals surface area contributed by atoms with Gasteiger partial charge in [-0.3, -0.25) is 4.79 Å². The molecule has 3 aliphatic rings. The molecule has 0 radical (unpaired) electrons. The minimum Gasteiger partial charge on any atom is -0.395 e. The fourth-order valence-corrected chi connectivity index (χ4v) is 5.62. The zero-order valence-corrected chi connectivity index (χ0v) is 20.8. The monoisotopic (exact) mass is 497 g/mol. The second-order valence-corrected chi connectivity index (χ2v) is 11.3. The predicted octanol–water partition coefficient (Wildman–Crippen LogP) is 6.10. The number of aromatic nitrogens is 1. The Balaban J connectivity index is 0.00000280. The Morgan fingerprint density at radius 2 is 1.78 bits per heavy atom. The molecule has 1 saturated carbocycles. The number of piperidine rings is 1. The average Bonchev–Trinajstić information content (AvgIpc) is 3.45. The Morgan fingerprint density at radius 3 is 2.47 bits per heavy atom. The van der Waals surface area contributed by atoms with Gasteiger partial charge in [-0.05, 0) is 80.7 Å². The predicted molar refractivity (Wildman–Crippen MR) is 136 cm³/mol. The number of carbonyl (C=O) groups is 1. The van der Waals surface area contributed by atoms with Crippen molar-refractivity contribution in [1.82, 2.24) is 9.88 Å². The summed E-state index contributed by atoms with van der Waals surface area (Å²) in [4.78, 5) is 13.4. The van der Waals surface area contributed by atoms with Gasteiger partial charge in [-0.15, -0.1) is 8.78 Å². The quantitative estimate of drug-likeness (QED) is 0.457. The molecule has 192 valence electrons. The lowest BCUT2D eigenvalue weighted by Gasteiger charge is -2.31. The third kappa shape index (κ3) is 3.92. The molecule has 2 aliphatic heterocycles. The minimum atomic E-state index is -3.67. The number of hydrogen-bond donors (Lipinski definition) is 2. The van der Waals surface area contributed by atoms with Crippen LogP contribution in [0.1, 0.15) is 65.2 Å². The van der Waals surface area contributed by atoms with Crippen molar-refractivity contribution < 1.29 is 24.5 Å². The Bertz CT molecular complexity index is 1350. The SMILES string of the molecule is CC(C)(C)c1cc2cc(NC(=O)C3(c4ccc5c(c4)OC(F)(F)O5)CC3)ccc2n1C1CCNCC1.[HH]. The average molecular weight is 498 g/mol. The van der Waals surface area contributed by atoms with Crippen LogP contribution in [0.25, 0.3) is 10.9 Å². The van der Waals surface area contributed by atoms with Crippen molar-refractivity contribution in [2.75, 3.05) is 18.4 Å². The molecule has 3 aromatic rings. The zero-order chi connectivity index (χ0) is 25.3. The van der Waals surface area contributed by atoms with Gasteiger partial charge in [-0.2, -0.15) is 0 Å². The molecule has 36 heavy (non-hydrogen) atoms. The summed E-state index contributed by atoms with van der Waals surface area (Å²) in [6.07, 6.45) is -0.189. The molecule has 2 N–H and O–H groups in total. The zero-order valence-electron chi connectivity index (χ0n) is 20.8. The summed E-state index contributed by atoms with van der Waals surface area (Å²) in [5, 5.41) is 7.64. The van der Waals surface area contributed by atoms with Crippen molar-refractivity contribution in [3.8, 4) is 11.5 Å². The van der Waals surface area contributed by atoms with Crippen LogP contribution < -0.4 is 20.1 Å². The number of anilines is 1. The Labute approximate surface area is 210 Å². The van der Waals surface area contributed by atoms with E-state index in [1.165, 1.54) is 23.3 Å². The maximum Gasteiger partial charge on any atom is 0.586 e. The van der Waals surface area contributed by atoms with Crippen LogP contribution in [0.4, 0.5) is 14.5 Å². The van der Waals surface area contributed by atoms with Crippen molar-refractivity contribution in [3.63, 3.8) is 0 Å². The van der Waals surface area contributed by atoms with Crippen molar-refractivity contribution in [2.24, 2.45) is 0 Å². The topological polar surface area (TPSA) is 64.5 Å². The van der Waals surface area contributed by atoms with Gasteiger partial charge in [0.2, 0.25) is 5.91 Å². The summed E-state index contributed by atoms with van der Waals surface area (Å²) in [5.74, 6) is -0.188. The second kappa shape index (κ2) is 7.93. The molecule has 1 amide bonds. The van der Waals surface area contributed by atoms with E-state index < -0.39 is 11.7 Å². The summed E-state index contributed by atoms with van der Waals surface area (Å²) in [5.41, 5.74) is 3.11. The van der Waals surface area contributed by atoms with Crippen LogP contribution in [0.3, 0.4) is 0 Å². The molecule has 2 fully saturated rings. The van der Waals surface area contributed by atoms with Crippen molar-refractivity contribution >= 4 is 22.5 Å². The molecule has 6 rings (SSSR count). The molecule has 6 nitrogen and oxygen atoms in total. The molecular formula is C28H33F2N3O3. The van der Waals surface area contributed by atoms with Crippen LogP contribution >= 0.6 is 0 Å². The Morgan fingerprint density at radius 1 is 1.06 bits per heavy atom. The first-order valence-electron chi connectivity index (χ1n) is 12.6. The van der Waals surface area contributed by atoms with Gasteiger partial charge in [0, 0.05) is 35.2 Å². The van der Waals surface area contributed by atoms with E-state index in [4.69, 9.17) is 0 Å². The molecule has 3 heterocycles. The number of amides is 1. The summed E-state index contributed by atoms with van der Waals surface area (Å²) >= 11 is 0. The van der Waals surface area contributed by atoms with E-state index in [2.05, 4.69) is 57.6 Å². The lowest BCUT2D eigenvalue weighted by molar-refractivity contribution is -0.286. The molecule has 0 bridgehead atoms.